The monoisotopic (exact) mass is 364 g/mol. The molecule has 2 aliphatic heterocycles. The van der Waals surface area contributed by atoms with Crippen LogP contribution in [0.4, 0.5) is 5.69 Å². The highest BCUT2D eigenvalue weighted by molar-refractivity contribution is 6.25. The van der Waals surface area contributed by atoms with Crippen LogP contribution in [0.2, 0.25) is 0 Å². The van der Waals surface area contributed by atoms with Gasteiger partial charge in [-0.15, -0.1) is 0 Å². The molecule has 0 bridgehead atoms. The van der Waals surface area contributed by atoms with Gasteiger partial charge in [0.2, 0.25) is 0 Å². The Labute approximate surface area is 157 Å². The fourth-order valence-corrected chi connectivity index (χ4v) is 3.43. The fraction of sp³-hybridized carbons (Fsp3) is 0.300. The molecule has 0 spiro atoms. The molecule has 1 saturated heterocycles. The van der Waals surface area contributed by atoms with Crippen molar-refractivity contribution in [1.82, 2.24) is 5.01 Å². The number of carbonyl (C=O) groups is 2. The first kappa shape index (κ1) is 17.2. The molecule has 0 radical (unpaired) electrons. The lowest BCUT2D eigenvalue weighted by Crippen LogP contribution is -2.39. The number of imide groups is 1. The van der Waals surface area contributed by atoms with Crippen LogP contribution in [0, 0.1) is 6.92 Å². The molecule has 27 heavy (non-hydrogen) atoms. The first-order valence-electron chi connectivity index (χ1n) is 8.92. The molecule has 2 aromatic rings. The average molecular weight is 364 g/mol. The molecule has 7 nitrogen and oxygen atoms in total. The smallest absolute Gasteiger partial charge is 0.263 e. The van der Waals surface area contributed by atoms with Gasteiger partial charge in [0, 0.05) is 0 Å². The van der Waals surface area contributed by atoms with Crippen molar-refractivity contribution in [2.45, 2.75) is 32.5 Å². The van der Waals surface area contributed by atoms with Crippen molar-refractivity contribution >= 4 is 17.5 Å². The SMILES string of the molecule is CCOc1ccc(N2C(=O)[C@@H]3N=NN(Cc4ccccc4C)[C@H]3C2=O)cc1. The first-order valence-corrected chi connectivity index (χ1v) is 8.92. The Morgan fingerprint density at radius 3 is 2.48 bits per heavy atom. The van der Waals surface area contributed by atoms with Crippen molar-refractivity contribution in [3.8, 4) is 5.75 Å². The van der Waals surface area contributed by atoms with Gasteiger partial charge in [-0.2, -0.15) is 5.11 Å². The quantitative estimate of drug-likeness (QED) is 0.765. The molecule has 138 valence electrons. The zero-order chi connectivity index (χ0) is 19.0. The third-order valence-corrected chi connectivity index (χ3v) is 4.86. The second-order valence-corrected chi connectivity index (χ2v) is 6.56. The molecule has 7 heteroatoms. The van der Waals surface area contributed by atoms with Gasteiger partial charge in [-0.3, -0.25) is 14.6 Å². The van der Waals surface area contributed by atoms with Crippen LogP contribution >= 0.6 is 0 Å². The Bertz CT molecular complexity index is 910. The topological polar surface area (TPSA) is 74.6 Å². The molecule has 2 aliphatic rings. The van der Waals surface area contributed by atoms with E-state index >= 15 is 0 Å². The zero-order valence-electron chi connectivity index (χ0n) is 15.2. The molecule has 2 heterocycles. The van der Waals surface area contributed by atoms with Crippen LogP contribution in [-0.4, -0.2) is 35.5 Å². The molecular weight excluding hydrogens is 344 g/mol. The summed E-state index contributed by atoms with van der Waals surface area (Å²) in [5.41, 5.74) is 2.68. The predicted molar refractivity (Wildman–Crippen MR) is 99.3 cm³/mol. The van der Waals surface area contributed by atoms with Crippen LogP contribution in [-0.2, 0) is 16.1 Å². The van der Waals surface area contributed by atoms with Gasteiger partial charge in [0.25, 0.3) is 11.8 Å². The third kappa shape index (κ3) is 2.95. The van der Waals surface area contributed by atoms with E-state index < -0.39 is 12.1 Å². The number of carbonyl (C=O) groups excluding carboxylic acids is 2. The molecule has 0 saturated carbocycles. The standard InChI is InChI=1S/C20H20N4O3/c1-3-27-16-10-8-15(9-11-16)24-19(25)17-18(20(24)26)23(22-21-17)12-14-7-5-4-6-13(14)2/h4-11,17-18H,3,12H2,1-2H3/t17-,18-/m1/s1. The molecule has 0 aliphatic carbocycles. The largest absolute Gasteiger partial charge is 0.494 e. The third-order valence-electron chi connectivity index (χ3n) is 4.86. The molecule has 0 aromatic heterocycles. The number of fused-ring (bicyclic) bond motifs is 1. The van der Waals surface area contributed by atoms with Crippen molar-refractivity contribution < 1.29 is 14.3 Å². The van der Waals surface area contributed by atoms with Gasteiger partial charge in [0.15, 0.2) is 12.1 Å². The number of rotatable bonds is 5. The minimum absolute atomic E-state index is 0.298. The van der Waals surface area contributed by atoms with Crippen LogP contribution in [0.25, 0.3) is 0 Å². The summed E-state index contributed by atoms with van der Waals surface area (Å²) >= 11 is 0. The Morgan fingerprint density at radius 2 is 1.78 bits per heavy atom. The molecule has 2 atom stereocenters. The summed E-state index contributed by atoms with van der Waals surface area (Å²) in [6, 6.07) is 13.4. The van der Waals surface area contributed by atoms with Crippen LogP contribution in [0.5, 0.6) is 5.75 Å². The van der Waals surface area contributed by atoms with E-state index in [1.807, 2.05) is 38.1 Å². The minimum Gasteiger partial charge on any atom is -0.494 e. The van der Waals surface area contributed by atoms with Gasteiger partial charge in [0.05, 0.1) is 18.8 Å². The van der Waals surface area contributed by atoms with Crippen molar-refractivity contribution in [3.63, 3.8) is 0 Å². The number of aryl methyl sites for hydroxylation is 1. The fourth-order valence-electron chi connectivity index (χ4n) is 3.43. The maximum Gasteiger partial charge on any atom is 0.263 e. The lowest BCUT2D eigenvalue weighted by molar-refractivity contribution is -0.123. The lowest BCUT2D eigenvalue weighted by Gasteiger charge is -2.21. The summed E-state index contributed by atoms with van der Waals surface area (Å²) in [5.74, 6) is 0.0549. The van der Waals surface area contributed by atoms with Crippen molar-refractivity contribution in [2.24, 2.45) is 10.3 Å². The van der Waals surface area contributed by atoms with Crippen molar-refractivity contribution in [2.75, 3.05) is 11.5 Å². The summed E-state index contributed by atoms with van der Waals surface area (Å²) in [7, 11) is 0. The Morgan fingerprint density at radius 1 is 1.04 bits per heavy atom. The summed E-state index contributed by atoms with van der Waals surface area (Å²) in [5, 5.41) is 9.78. The second-order valence-electron chi connectivity index (χ2n) is 6.56. The highest BCUT2D eigenvalue weighted by Crippen LogP contribution is 2.33. The van der Waals surface area contributed by atoms with Gasteiger partial charge in [-0.1, -0.05) is 29.5 Å². The second kappa shape index (κ2) is 6.83. The van der Waals surface area contributed by atoms with E-state index in [2.05, 4.69) is 10.3 Å². The number of hydrogen-bond donors (Lipinski definition) is 0. The summed E-state index contributed by atoms with van der Waals surface area (Å²) < 4.78 is 5.42. The van der Waals surface area contributed by atoms with E-state index in [0.29, 0.717) is 24.6 Å². The molecule has 2 aromatic carbocycles. The number of ether oxygens (including phenoxy) is 1. The number of benzene rings is 2. The summed E-state index contributed by atoms with van der Waals surface area (Å²) in [4.78, 5) is 27.0. The highest BCUT2D eigenvalue weighted by Gasteiger charge is 2.54. The predicted octanol–water partition coefficient (Wildman–Crippen LogP) is 2.89. The average Bonchev–Trinajstić information content (AvgIpc) is 3.19. The van der Waals surface area contributed by atoms with E-state index in [9.17, 15) is 9.59 Å². The van der Waals surface area contributed by atoms with Gasteiger partial charge in [-0.25, -0.2) is 4.90 Å². The minimum atomic E-state index is -0.784. The number of anilines is 1. The van der Waals surface area contributed by atoms with E-state index in [0.717, 1.165) is 11.1 Å². The maximum atomic E-state index is 13.0. The molecule has 4 rings (SSSR count). The van der Waals surface area contributed by atoms with Gasteiger partial charge in [0.1, 0.15) is 5.75 Å². The van der Waals surface area contributed by atoms with Gasteiger partial charge >= 0.3 is 0 Å². The van der Waals surface area contributed by atoms with Crippen LogP contribution in [0.15, 0.2) is 58.9 Å². The highest BCUT2D eigenvalue weighted by atomic mass is 16.5. The van der Waals surface area contributed by atoms with Crippen LogP contribution in [0.3, 0.4) is 0 Å². The number of amides is 2. The molecule has 0 N–H and O–H groups in total. The summed E-state index contributed by atoms with van der Waals surface area (Å²) in [6.07, 6.45) is 0. The number of nitrogens with zero attached hydrogens (tertiary/aromatic N) is 4. The van der Waals surface area contributed by atoms with Crippen molar-refractivity contribution in [3.05, 3.63) is 59.7 Å². The van der Waals surface area contributed by atoms with Gasteiger partial charge in [-0.05, 0) is 49.2 Å². The first-order chi connectivity index (χ1) is 13.1. The Kier molecular flexibility index (Phi) is 4.35. The molecular formula is C20H20N4O3. The summed E-state index contributed by atoms with van der Waals surface area (Å²) in [6.45, 7) is 4.90. The Balaban J connectivity index is 1.57. The van der Waals surface area contributed by atoms with E-state index in [1.54, 1.807) is 29.3 Å². The van der Waals surface area contributed by atoms with Crippen LogP contribution in [0.1, 0.15) is 18.1 Å². The van der Waals surface area contributed by atoms with E-state index in [-0.39, 0.29) is 11.8 Å². The maximum absolute atomic E-state index is 13.0. The van der Waals surface area contributed by atoms with E-state index in [1.165, 1.54) is 4.90 Å². The molecule has 0 unspecified atom stereocenters. The normalized spacial score (nSPS) is 21.1. The number of hydrogen-bond acceptors (Lipinski definition) is 6. The lowest BCUT2D eigenvalue weighted by atomic mass is 10.1. The van der Waals surface area contributed by atoms with Gasteiger partial charge < -0.3 is 4.74 Å². The molecule has 1 fully saturated rings. The zero-order valence-corrected chi connectivity index (χ0v) is 15.2. The molecule has 2 amide bonds. The van der Waals surface area contributed by atoms with E-state index in [4.69, 9.17) is 4.74 Å². The Hall–Kier alpha value is -3.22. The van der Waals surface area contributed by atoms with Crippen LogP contribution < -0.4 is 9.64 Å². The van der Waals surface area contributed by atoms with Crippen molar-refractivity contribution in [1.29, 1.82) is 0 Å².